The maximum atomic E-state index is 12.2. The van der Waals surface area contributed by atoms with Crippen LogP contribution in [0.15, 0.2) is 24.3 Å². The highest BCUT2D eigenvalue weighted by Gasteiger charge is 2.39. The third kappa shape index (κ3) is 3.80. The molecule has 1 saturated heterocycles. The van der Waals surface area contributed by atoms with Gasteiger partial charge in [-0.25, -0.2) is 0 Å². The number of carboxylic acids is 1. The summed E-state index contributed by atoms with van der Waals surface area (Å²) in [7, 11) is 2.78. The fraction of sp³-hybridized carbons (Fsp3) is 0.438. The molecule has 2 unspecified atom stereocenters. The second kappa shape index (κ2) is 7.13. The first-order valence-electron chi connectivity index (χ1n) is 7.19. The van der Waals surface area contributed by atoms with Crippen LogP contribution in [0.2, 0.25) is 0 Å². The lowest BCUT2D eigenvalue weighted by Crippen LogP contribution is -2.32. The number of likely N-dealkylation sites (tertiary alicyclic amines) is 1. The van der Waals surface area contributed by atoms with E-state index in [1.165, 1.54) is 19.1 Å². The Morgan fingerprint density at radius 1 is 1.39 bits per heavy atom. The minimum absolute atomic E-state index is 0.0345. The Kier molecular flexibility index (Phi) is 5.20. The van der Waals surface area contributed by atoms with Crippen LogP contribution in [-0.4, -0.2) is 48.6 Å². The Hall–Kier alpha value is -2.57. The van der Waals surface area contributed by atoms with E-state index in [1.807, 2.05) is 0 Å². The van der Waals surface area contributed by atoms with E-state index >= 15 is 0 Å². The number of nitrogens with zero attached hydrogens (tertiary/aromatic N) is 1. The fourth-order valence-corrected chi connectivity index (χ4v) is 2.78. The highest BCUT2D eigenvalue weighted by molar-refractivity contribution is 5.87. The van der Waals surface area contributed by atoms with Crippen LogP contribution in [0.3, 0.4) is 0 Å². The molecule has 0 bridgehead atoms. The molecule has 0 aromatic heterocycles. The number of benzene rings is 1. The first kappa shape index (κ1) is 16.8. The molecule has 1 aromatic carbocycles. The van der Waals surface area contributed by atoms with Crippen molar-refractivity contribution in [3.63, 3.8) is 0 Å². The molecule has 0 radical (unpaired) electrons. The molecular weight excluding hydrogens is 302 g/mol. The monoisotopic (exact) mass is 321 g/mol. The van der Waals surface area contributed by atoms with Gasteiger partial charge in [0, 0.05) is 13.0 Å². The summed E-state index contributed by atoms with van der Waals surface area (Å²) in [6.45, 7) is 0.153. The quantitative estimate of drug-likeness (QED) is 0.792. The molecule has 1 fully saturated rings. The minimum Gasteiger partial charge on any atom is -0.497 e. The fourth-order valence-electron chi connectivity index (χ4n) is 2.78. The number of carbonyl (C=O) groups excluding carboxylic acids is 2. The van der Waals surface area contributed by atoms with Crippen molar-refractivity contribution in [2.24, 2.45) is 5.92 Å². The summed E-state index contributed by atoms with van der Waals surface area (Å²) in [6.07, 6.45) is -0.209. The molecule has 124 valence electrons. The molecule has 0 spiro atoms. The molecule has 1 aliphatic heterocycles. The van der Waals surface area contributed by atoms with Gasteiger partial charge in [-0.2, -0.15) is 0 Å². The highest BCUT2D eigenvalue weighted by atomic mass is 16.5. The van der Waals surface area contributed by atoms with Gasteiger partial charge in [-0.3, -0.25) is 14.4 Å². The van der Waals surface area contributed by atoms with E-state index in [-0.39, 0.29) is 25.3 Å². The number of hydrogen-bond acceptors (Lipinski definition) is 5. The lowest BCUT2D eigenvalue weighted by Gasteiger charge is -2.27. The molecular formula is C16H19NO6. The van der Waals surface area contributed by atoms with Crippen LogP contribution in [0.5, 0.6) is 5.75 Å². The van der Waals surface area contributed by atoms with Crippen LogP contribution in [0.1, 0.15) is 24.4 Å². The van der Waals surface area contributed by atoms with Crippen LogP contribution in [-0.2, 0) is 19.1 Å². The van der Waals surface area contributed by atoms with Crippen molar-refractivity contribution in [3.8, 4) is 5.75 Å². The number of amides is 1. The number of methoxy groups -OCH3 is 2. The van der Waals surface area contributed by atoms with Gasteiger partial charge < -0.3 is 19.5 Å². The zero-order valence-corrected chi connectivity index (χ0v) is 13.0. The minimum atomic E-state index is -1.02. The first-order chi connectivity index (χ1) is 11.0. The molecule has 2 atom stereocenters. The molecule has 23 heavy (non-hydrogen) atoms. The largest absolute Gasteiger partial charge is 0.497 e. The van der Waals surface area contributed by atoms with Gasteiger partial charge in [-0.1, -0.05) is 12.1 Å². The van der Waals surface area contributed by atoms with Crippen LogP contribution >= 0.6 is 0 Å². The third-order valence-corrected chi connectivity index (χ3v) is 3.92. The molecule has 7 heteroatoms. The second-order valence-electron chi connectivity index (χ2n) is 5.36. The van der Waals surface area contributed by atoms with Crippen molar-refractivity contribution in [2.45, 2.75) is 18.9 Å². The van der Waals surface area contributed by atoms with E-state index in [0.717, 1.165) is 0 Å². The standard InChI is InChI=1S/C16H19NO6/c1-22-12-5-3-4-10(6-12)13(8-15(19)20)17-9-11(7-14(17)18)16(21)23-2/h3-6,11,13H,7-9H2,1-2H3,(H,19,20). The van der Waals surface area contributed by atoms with E-state index in [1.54, 1.807) is 24.3 Å². The lowest BCUT2D eigenvalue weighted by molar-refractivity contribution is -0.145. The van der Waals surface area contributed by atoms with Crippen LogP contribution in [0, 0.1) is 5.92 Å². The van der Waals surface area contributed by atoms with E-state index in [4.69, 9.17) is 4.74 Å². The molecule has 1 aliphatic rings. The second-order valence-corrected chi connectivity index (χ2v) is 5.36. The van der Waals surface area contributed by atoms with Crippen molar-refractivity contribution in [1.29, 1.82) is 0 Å². The molecule has 1 amide bonds. The molecule has 1 heterocycles. The van der Waals surface area contributed by atoms with Gasteiger partial charge in [0.2, 0.25) is 5.91 Å². The predicted octanol–water partition coefficient (Wildman–Crippen LogP) is 1.23. The molecule has 0 saturated carbocycles. The maximum absolute atomic E-state index is 12.2. The Balaban J connectivity index is 2.29. The Morgan fingerprint density at radius 2 is 2.13 bits per heavy atom. The highest BCUT2D eigenvalue weighted by Crippen LogP contribution is 2.33. The molecule has 1 aromatic rings. The van der Waals surface area contributed by atoms with Gasteiger partial charge in [0.25, 0.3) is 0 Å². The zero-order chi connectivity index (χ0) is 17.0. The summed E-state index contributed by atoms with van der Waals surface area (Å²) in [5.74, 6) is -1.72. The smallest absolute Gasteiger partial charge is 0.310 e. The van der Waals surface area contributed by atoms with Crippen LogP contribution in [0.4, 0.5) is 0 Å². The van der Waals surface area contributed by atoms with Crippen molar-refractivity contribution < 1.29 is 29.0 Å². The molecule has 7 nitrogen and oxygen atoms in total. The Bertz CT molecular complexity index is 614. The van der Waals surface area contributed by atoms with Gasteiger partial charge in [-0.15, -0.1) is 0 Å². The van der Waals surface area contributed by atoms with Crippen LogP contribution in [0.25, 0.3) is 0 Å². The lowest BCUT2D eigenvalue weighted by atomic mass is 10.0. The van der Waals surface area contributed by atoms with Gasteiger partial charge in [0.15, 0.2) is 0 Å². The number of carboxylic acid groups (broad SMARTS) is 1. The average Bonchev–Trinajstić information content (AvgIpc) is 2.93. The summed E-state index contributed by atoms with van der Waals surface area (Å²) in [5.41, 5.74) is 0.658. The molecule has 0 aliphatic carbocycles. The Morgan fingerprint density at radius 3 is 2.74 bits per heavy atom. The topological polar surface area (TPSA) is 93.1 Å². The van der Waals surface area contributed by atoms with Gasteiger partial charge in [0.1, 0.15) is 5.75 Å². The number of esters is 1. The van der Waals surface area contributed by atoms with Crippen molar-refractivity contribution in [2.75, 3.05) is 20.8 Å². The summed E-state index contributed by atoms with van der Waals surface area (Å²) in [4.78, 5) is 36.5. The van der Waals surface area contributed by atoms with Crippen molar-refractivity contribution in [3.05, 3.63) is 29.8 Å². The van der Waals surface area contributed by atoms with Gasteiger partial charge in [-0.05, 0) is 17.7 Å². The first-order valence-corrected chi connectivity index (χ1v) is 7.19. The summed E-state index contributed by atoms with van der Waals surface area (Å²) >= 11 is 0. The SMILES string of the molecule is COC(=O)C1CC(=O)N(C(CC(=O)O)c2cccc(OC)c2)C1. The van der Waals surface area contributed by atoms with Crippen molar-refractivity contribution in [1.82, 2.24) is 4.90 Å². The average molecular weight is 321 g/mol. The number of rotatable bonds is 6. The van der Waals surface area contributed by atoms with Gasteiger partial charge >= 0.3 is 11.9 Å². The van der Waals surface area contributed by atoms with Crippen molar-refractivity contribution >= 4 is 17.8 Å². The Labute approximate surface area is 133 Å². The zero-order valence-electron chi connectivity index (χ0n) is 13.0. The summed E-state index contributed by atoms with van der Waals surface area (Å²) in [6, 6.07) is 6.28. The van der Waals surface area contributed by atoms with Crippen LogP contribution < -0.4 is 4.74 Å². The number of aliphatic carboxylic acids is 1. The maximum Gasteiger partial charge on any atom is 0.310 e. The molecule has 1 N–H and O–H groups in total. The summed E-state index contributed by atoms with van der Waals surface area (Å²) < 4.78 is 9.83. The summed E-state index contributed by atoms with van der Waals surface area (Å²) in [5, 5.41) is 9.18. The normalized spacial score (nSPS) is 18.6. The molecule has 2 rings (SSSR count). The number of ether oxygens (including phenoxy) is 2. The van der Waals surface area contributed by atoms with E-state index in [2.05, 4.69) is 4.74 Å². The van der Waals surface area contributed by atoms with E-state index < -0.39 is 23.9 Å². The van der Waals surface area contributed by atoms with E-state index in [9.17, 15) is 19.5 Å². The third-order valence-electron chi connectivity index (χ3n) is 3.92. The number of hydrogen-bond donors (Lipinski definition) is 1. The number of carbonyl (C=O) groups is 3. The van der Waals surface area contributed by atoms with Gasteiger partial charge in [0.05, 0.1) is 32.6 Å². The van der Waals surface area contributed by atoms with E-state index in [0.29, 0.717) is 11.3 Å². The predicted molar refractivity (Wildman–Crippen MR) is 79.8 cm³/mol.